The summed E-state index contributed by atoms with van der Waals surface area (Å²) in [4.78, 5) is 15.3. The van der Waals surface area contributed by atoms with E-state index in [2.05, 4.69) is 15.4 Å². The van der Waals surface area contributed by atoms with Crippen LogP contribution < -0.4 is 5.32 Å². The minimum absolute atomic E-state index is 0.000777. The molecule has 2 aromatic rings. The fourth-order valence-electron chi connectivity index (χ4n) is 2.15. The second-order valence-electron chi connectivity index (χ2n) is 4.44. The van der Waals surface area contributed by atoms with Crippen molar-refractivity contribution < 1.29 is 14.3 Å². The number of halogens is 1. The van der Waals surface area contributed by atoms with E-state index >= 15 is 0 Å². The van der Waals surface area contributed by atoms with Crippen molar-refractivity contribution in [2.75, 3.05) is 5.32 Å². The average molecular weight is 274 g/mol. The smallest absolute Gasteiger partial charge is 0.352 e. The maximum Gasteiger partial charge on any atom is 0.352 e. The quantitative estimate of drug-likeness (QED) is 0.871. The number of aliphatic carboxylic acids is 1. The van der Waals surface area contributed by atoms with Crippen LogP contribution >= 0.6 is 0 Å². The van der Waals surface area contributed by atoms with Crippen LogP contribution in [0.2, 0.25) is 0 Å². The average Bonchev–Trinajstić information content (AvgIpc) is 2.77. The maximum atomic E-state index is 13.4. The minimum Gasteiger partial charge on any atom is -0.477 e. The fraction of sp³-hybridized carbons (Fsp3) is 0.154. The molecule has 0 unspecified atom stereocenters. The summed E-state index contributed by atoms with van der Waals surface area (Å²) in [5.41, 5.74) is 0.607. The second-order valence-corrected chi connectivity index (χ2v) is 4.44. The predicted octanol–water partition coefficient (Wildman–Crippen LogP) is 1.71. The predicted molar refractivity (Wildman–Crippen MR) is 68.6 cm³/mol. The van der Waals surface area contributed by atoms with Crippen molar-refractivity contribution in [3.63, 3.8) is 0 Å². The Morgan fingerprint density at radius 2 is 2.30 bits per heavy atom. The van der Waals surface area contributed by atoms with Crippen molar-refractivity contribution >= 4 is 11.9 Å². The van der Waals surface area contributed by atoms with Crippen molar-refractivity contribution in [2.24, 2.45) is 0 Å². The molecule has 0 fully saturated rings. The lowest BCUT2D eigenvalue weighted by Crippen LogP contribution is -2.24. The van der Waals surface area contributed by atoms with Gasteiger partial charge in [-0.05, 0) is 30.7 Å². The summed E-state index contributed by atoms with van der Waals surface area (Å²) in [6.07, 6.45) is 1.48. The highest BCUT2D eigenvalue weighted by Gasteiger charge is 2.26. The summed E-state index contributed by atoms with van der Waals surface area (Å²) in [6.45, 7) is 1.70. The zero-order chi connectivity index (χ0) is 14.3. The standard InChI is InChI=1S/C13H11FN4O2/c1-7-15-13-16-10(12(19)20)6-11(18(13)17-7)8-3-2-4-9(14)5-8/h2-6,11H,1H3,(H,19,20)(H,15,16,17)/t11-/m1/s1. The molecule has 6 nitrogen and oxygen atoms in total. The zero-order valence-electron chi connectivity index (χ0n) is 10.5. The minimum atomic E-state index is -1.10. The molecule has 0 bridgehead atoms. The number of carbonyl (C=O) groups is 1. The first-order valence-electron chi connectivity index (χ1n) is 5.95. The van der Waals surface area contributed by atoms with Gasteiger partial charge in [0.05, 0.1) is 0 Å². The second kappa shape index (κ2) is 4.44. The van der Waals surface area contributed by atoms with Crippen LogP contribution in [0.3, 0.4) is 0 Å². The summed E-state index contributed by atoms with van der Waals surface area (Å²) in [6, 6.07) is 5.47. The Hall–Kier alpha value is -2.70. The van der Waals surface area contributed by atoms with Gasteiger partial charge < -0.3 is 10.4 Å². The van der Waals surface area contributed by atoms with Crippen LogP contribution in [-0.2, 0) is 4.79 Å². The molecule has 0 aliphatic carbocycles. The number of hydrogen-bond acceptors (Lipinski definition) is 4. The van der Waals surface area contributed by atoms with Crippen molar-refractivity contribution in [1.29, 1.82) is 0 Å². The Morgan fingerprint density at radius 3 is 3.00 bits per heavy atom. The number of allylic oxidation sites excluding steroid dienone is 1. The number of rotatable bonds is 2. The van der Waals surface area contributed by atoms with Gasteiger partial charge in [-0.25, -0.2) is 13.9 Å². The third kappa shape index (κ3) is 2.03. The maximum absolute atomic E-state index is 13.4. The molecular weight excluding hydrogens is 263 g/mol. The highest BCUT2D eigenvalue weighted by molar-refractivity contribution is 5.90. The molecule has 102 valence electrons. The number of aromatic nitrogens is 3. The summed E-state index contributed by atoms with van der Waals surface area (Å²) < 4.78 is 14.9. The molecule has 2 N–H and O–H groups in total. The Kier molecular flexibility index (Phi) is 2.74. The molecule has 1 aliphatic heterocycles. The molecule has 20 heavy (non-hydrogen) atoms. The third-order valence-corrected chi connectivity index (χ3v) is 2.99. The number of fused-ring (bicyclic) bond motifs is 1. The van der Waals surface area contributed by atoms with E-state index < -0.39 is 12.0 Å². The Morgan fingerprint density at radius 1 is 1.50 bits per heavy atom. The SMILES string of the molecule is Cc1nc2n(n1)[C@@H](c1cccc(F)c1)C=C(C(=O)O)N2. The first kappa shape index (κ1) is 12.3. The van der Waals surface area contributed by atoms with Crippen LogP contribution in [0.15, 0.2) is 36.0 Å². The van der Waals surface area contributed by atoms with Crippen LogP contribution in [0.4, 0.5) is 10.3 Å². The van der Waals surface area contributed by atoms with Gasteiger partial charge in [-0.3, -0.25) is 0 Å². The van der Waals surface area contributed by atoms with Gasteiger partial charge in [0.1, 0.15) is 23.4 Å². The molecule has 1 aromatic carbocycles. The monoisotopic (exact) mass is 274 g/mol. The van der Waals surface area contributed by atoms with E-state index in [1.807, 2.05) is 0 Å². The summed E-state index contributed by atoms with van der Waals surface area (Å²) in [7, 11) is 0. The molecular formula is C13H11FN4O2. The highest BCUT2D eigenvalue weighted by Crippen LogP contribution is 2.29. The lowest BCUT2D eigenvalue weighted by Gasteiger charge is -2.22. The van der Waals surface area contributed by atoms with Gasteiger partial charge in [-0.15, -0.1) is 0 Å². The highest BCUT2D eigenvalue weighted by atomic mass is 19.1. The number of carboxylic acids is 1. The molecule has 7 heteroatoms. The van der Waals surface area contributed by atoms with E-state index in [4.69, 9.17) is 5.11 Å². The lowest BCUT2D eigenvalue weighted by atomic mass is 10.0. The molecule has 1 atom stereocenters. The van der Waals surface area contributed by atoms with Gasteiger partial charge in [0, 0.05) is 0 Å². The van der Waals surface area contributed by atoms with Gasteiger partial charge in [0.25, 0.3) is 0 Å². The van der Waals surface area contributed by atoms with Crippen LogP contribution in [0, 0.1) is 12.7 Å². The number of nitrogens with one attached hydrogen (secondary N) is 1. The lowest BCUT2D eigenvalue weighted by molar-refractivity contribution is -0.132. The van der Waals surface area contributed by atoms with Gasteiger partial charge in [0.15, 0.2) is 0 Å². The van der Waals surface area contributed by atoms with Crippen LogP contribution in [0.5, 0.6) is 0 Å². The Labute approximate surface area is 113 Å². The van der Waals surface area contributed by atoms with Gasteiger partial charge in [-0.1, -0.05) is 12.1 Å². The van der Waals surface area contributed by atoms with Crippen LogP contribution in [-0.4, -0.2) is 25.8 Å². The molecule has 2 heterocycles. The molecule has 0 spiro atoms. The number of hydrogen-bond donors (Lipinski definition) is 2. The van der Waals surface area contributed by atoms with E-state index in [0.717, 1.165) is 0 Å². The van der Waals surface area contributed by atoms with Gasteiger partial charge in [0.2, 0.25) is 5.95 Å². The van der Waals surface area contributed by atoms with Gasteiger partial charge >= 0.3 is 5.97 Å². The molecule has 0 radical (unpaired) electrons. The number of benzene rings is 1. The molecule has 1 aliphatic rings. The number of nitrogens with zero attached hydrogens (tertiary/aromatic N) is 3. The van der Waals surface area contributed by atoms with E-state index in [1.54, 1.807) is 19.1 Å². The zero-order valence-corrected chi connectivity index (χ0v) is 10.5. The number of carboxylic acid groups (broad SMARTS) is 1. The molecule has 0 saturated carbocycles. The molecule has 0 amide bonds. The number of anilines is 1. The van der Waals surface area contributed by atoms with Crippen LogP contribution in [0.25, 0.3) is 0 Å². The van der Waals surface area contributed by atoms with Crippen molar-refractivity contribution in [1.82, 2.24) is 14.8 Å². The largest absolute Gasteiger partial charge is 0.477 e. The first-order valence-corrected chi connectivity index (χ1v) is 5.95. The summed E-state index contributed by atoms with van der Waals surface area (Å²) in [5.74, 6) is -0.645. The Balaban J connectivity index is 2.14. The fourth-order valence-corrected chi connectivity index (χ4v) is 2.15. The molecule has 1 aromatic heterocycles. The third-order valence-electron chi connectivity index (χ3n) is 2.99. The van der Waals surface area contributed by atoms with Crippen molar-refractivity contribution in [3.05, 3.63) is 53.2 Å². The van der Waals surface area contributed by atoms with Crippen molar-refractivity contribution in [2.45, 2.75) is 13.0 Å². The molecule has 0 saturated heterocycles. The summed E-state index contributed by atoms with van der Waals surface area (Å²) >= 11 is 0. The van der Waals surface area contributed by atoms with Gasteiger partial charge in [-0.2, -0.15) is 10.1 Å². The van der Waals surface area contributed by atoms with E-state index in [-0.39, 0.29) is 11.5 Å². The topological polar surface area (TPSA) is 80.0 Å². The van der Waals surface area contributed by atoms with Crippen LogP contribution in [0.1, 0.15) is 17.4 Å². The number of aryl methyl sites for hydroxylation is 1. The Bertz CT molecular complexity index is 723. The summed E-state index contributed by atoms with van der Waals surface area (Å²) in [5, 5.41) is 16.0. The first-order chi connectivity index (χ1) is 9.54. The van der Waals surface area contributed by atoms with E-state index in [9.17, 15) is 9.18 Å². The molecule has 3 rings (SSSR count). The normalized spacial score (nSPS) is 17.1. The van der Waals surface area contributed by atoms with E-state index in [0.29, 0.717) is 17.3 Å². The van der Waals surface area contributed by atoms with E-state index in [1.165, 1.54) is 22.9 Å². The van der Waals surface area contributed by atoms with Crippen molar-refractivity contribution in [3.8, 4) is 0 Å².